The molecule has 1 aliphatic rings. The molecule has 16 heavy (non-hydrogen) atoms. The standard InChI is InChI=1S/C13H25NO2/c1-9(8-13(2,3)4)5-12(16)14-10-6-11(15)7-10/h9-11,15H,5-8H2,1-4H3,(H,14,16). The van der Waals surface area contributed by atoms with Crippen molar-refractivity contribution in [3.63, 3.8) is 0 Å². The second-order valence-corrected chi connectivity index (χ2v) is 6.46. The van der Waals surface area contributed by atoms with Crippen LogP contribution in [0.5, 0.6) is 0 Å². The first-order chi connectivity index (χ1) is 7.26. The van der Waals surface area contributed by atoms with Gasteiger partial charge in [0.2, 0.25) is 5.91 Å². The van der Waals surface area contributed by atoms with E-state index in [2.05, 4.69) is 33.0 Å². The maximum absolute atomic E-state index is 11.7. The van der Waals surface area contributed by atoms with Crippen LogP contribution in [0.15, 0.2) is 0 Å². The molecule has 1 amide bonds. The summed E-state index contributed by atoms with van der Waals surface area (Å²) < 4.78 is 0. The average Bonchev–Trinajstić information content (AvgIpc) is 1.96. The molecular formula is C13H25NO2. The summed E-state index contributed by atoms with van der Waals surface area (Å²) in [6, 6.07) is 0.212. The number of aliphatic hydroxyl groups excluding tert-OH is 1. The second-order valence-electron chi connectivity index (χ2n) is 6.46. The van der Waals surface area contributed by atoms with Gasteiger partial charge in [-0.15, -0.1) is 0 Å². The minimum Gasteiger partial charge on any atom is -0.393 e. The van der Waals surface area contributed by atoms with E-state index in [4.69, 9.17) is 5.11 Å². The number of aliphatic hydroxyl groups is 1. The van der Waals surface area contributed by atoms with E-state index in [1.165, 1.54) is 0 Å². The van der Waals surface area contributed by atoms with Crippen LogP contribution in [0.1, 0.15) is 53.4 Å². The number of rotatable bonds is 4. The summed E-state index contributed by atoms with van der Waals surface area (Å²) in [7, 11) is 0. The highest BCUT2D eigenvalue weighted by Gasteiger charge is 2.28. The van der Waals surface area contributed by atoms with E-state index in [0.717, 1.165) is 19.3 Å². The molecule has 0 aromatic carbocycles. The molecule has 1 saturated carbocycles. The predicted molar refractivity (Wildman–Crippen MR) is 65.0 cm³/mol. The van der Waals surface area contributed by atoms with Gasteiger partial charge in [0.05, 0.1) is 6.10 Å². The van der Waals surface area contributed by atoms with E-state index in [-0.39, 0.29) is 23.5 Å². The molecule has 3 heteroatoms. The van der Waals surface area contributed by atoms with Crippen molar-refractivity contribution in [2.45, 2.75) is 65.5 Å². The number of nitrogens with one attached hydrogen (secondary N) is 1. The fourth-order valence-electron chi connectivity index (χ4n) is 2.43. The lowest BCUT2D eigenvalue weighted by molar-refractivity contribution is -0.124. The molecule has 1 atom stereocenters. The Morgan fingerprint density at radius 3 is 2.44 bits per heavy atom. The summed E-state index contributed by atoms with van der Waals surface area (Å²) in [5, 5.41) is 12.1. The molecule has 0 saturated heterocycles. The van der Waals surface area contributed by atoms with Gasteiger partial charge in [-0.3, -0.25) is 4.79 Å². The minimum atomic E-state index is -0.197. The zero-order valence-electron chi connectivity index (χ0n) is 10.9. The summed E-state index contributed by atoms with van der Waals surface area (Å²) in [5.41, 5.74) is 0.284. The number of carbonyl (C=O) groups excluding carboxylic acids is 1. The van der Waals surface area contributed by atoms with Crippen molar-refractivity contribution >= 4 is 5.91 Å². The normalized spacial score (nSPS) is 27.1. The van der Waals surface area contributed by atoms with Crippen LogP contribution in [-0.4, -0.2) is 23.2 Å². The Morgan fingerprint density at radius 2 is 2.00 bits per heavy atom. The maximum atomic E-state index is 11.7. The lowest BCUT2D eigenvalue weighted by atomic mass is 9.84. The zero-order chi connectivity index (χ0) is 12.3. The molecule has 94 valence electrons. The van der Waals surface area contributed by atoms with Gasteiger partial charge in [0.25, 0.3) is 0 Å². The third kappa shape index (κ3) is 4.97. The number of carbonyl (C=O) groups is 1. The summed E-state index contributed by atoms with van der Waals surface area (Å²) >= 11 is 0. The Morgan fingerprint density at radius 1 is 1.44 bits per heavy atom. The summed E-state index contributed by atoms with van der Waals surface area (Å²) in [6.07, 6.45) is 2.91. The van der Waals surface area contributed by atoms with E-state index < -0.39 is 0 Å². The van der Waals surface area contributed by atoms with Crippen molar-refractivity contribution in [1.29, 1.82) is 0 Å². The molecule has 0 aromatic rings. The van der Waals surface area contributed by atoms with E-state index in [1.807, 2.05) is 0 Å². The Bertz CT molecular complexity index is 239. The van der Waals surface area contributed by atoms with Crippen LogP contribution >= 0.6 is 0 Å². The largest absolute Gasteiger partial charge is 0.393 e. The molecule has 2 N–H and O–H groups in total. The Hall–Kier alpha value is -0.570. The molecule has 0 aliphatic heterocycles. The van der Waals surface area contributed by atoms with Gasteiger partial charge in [-0.05, 0) is 30.6 Å². The molecule has 1 unspecified atom stereocenters. The average molecular weight is 227 g/mol. The second kappa shape index (κ2) is 5.17. The molecule has 0 aromatic heterocycles. The van der Waals surface area contributed by atoms with Crippen molar-refractivity contribution in [2.75, 3.05) is 0 Å². The minimum absolute atomic E-state index is 0.133. The van der Waals surface area contributed by atoms with E-state index >= 15 is 0 Å². The number of hydrogen-bond acceptors (Lipinski definition) is 2. The first-order valence-corrected chi connectivity index (χ1v) is 6.23. The topological polar surface area (TPSA) is 49.3 Å². The third-order valence-electron chi connectivity index (χ3n) is 2.97. The van der Waals surface area contributed by atoms with Gasteiger partial charge < -0.3 is 10.4 Å². The third-order valence-corrected chi connectivity index (χ3v) is 2.97. The molecule has 0 bridgehead atoms. The van der Waals surface area contributed by atoms with Gasteiger partial charge in [0.1, 0.15) is 0 Å². The first kappa shape index (κ1) is 13.5. The Kier molecular flexibility index (Phi) is 4.36. The molecule has 1 fully saturated rings. The zero-order valence-corrected chi connectivity index (χ0v) is 10.9. The maximum Gasteiger partial charge on any atom is 0.220 e. The smallest absolute Gasteiger partial charge is 0.220 e. The van der Waals surface area contributed by atoms with Crippen LogP contribution in [-0.2, 0) is 4.79 Å². The van der Waals surface area contributed by atoms with Crippen LogP contribution in [0, 0.1) is 11.3 Å². The molecule has 0 radical (unpaired) electrons. The predicted octanol–water partition coefficient (Wildman–Crippen LogP) is 2.09. The highest BCUT2D eigenvalue weighted by Crippen LogP contribution is 2.26. The number of hydrogen-bond donors (Lipinski definition) is 2. The molecule has 0 spiro atoms. The Labute approximate surface area is 98.6 Å². The first-order valence-electron chi connectivity index (χ1n) is 6.23. The highest BCUT2D eigenvalue weighted by molar-refractivity contribution is 5.76. The van der Waals surface area contributed by atoms with Gasteiger partial charge in [-0.2, -0.15) is 0 Å². The molecule has 1 aliphatic carbocycles. The molecular weight excluding hydrogens is 202 g/mol. The van der Waals surface area contributed by atoms with Crippen molar-refractivity contribution < 1.29 is 9.90 Å². The van der Waals surface area contributed by atoms with Crippen molar-refractivity contribution in [3.8, 4) is 0 Å². The van der Waals surface area contributed by atoms with Gasteiger partial charge in [0.15, 0.2) is 0 Å². The van der Waals surface area contributed by atoms with Gasteiger partial charge in [-0.1, -0.05) is 27.7 Å². The molecule has 1 rings (SSSR count). The van der Waals surface area contributed by atoms with E-state index in [1.54, 1.807) is 0 Å². The Balaban J connectivity index is 2.18. The number of amides is 1. The van der Waals surface area contributed by atoms with Gasteiger partial charge in [-0.25, -0.2) is 0 Å². The van der Waals surface area contributed by atoms with E-state index in [0.29, 0.717) is 12.3 Å². The van der Waals surface area contributed by atoms with Crippen LogP contribution < -0.4 is 5.32 Å². The van der Waals surface area contributed by atoms with Crippen LogP contribution in [0.25, 0.3) is 0 Å². The fraction of sp³-hybridized carbons (Fsp3) is 0.923. The van der Waals surface area contributed by atoms with Gasteiger partial charge >= 0.3 is 0 Å². The summed E-state index contributed by atoms with van der Waals surface area (Å²) in [5.74, 6) is 0.554. The monoisotopic (exact) mass is 227 g/mol. The summed E-state index contributed by atoms with van der Waals surface area (Å²) in [4.78, 5) is 11.7. The van der Waals surface area contributed by atoms with E-state index in [9.17, 15) is 4.79 Å². The quantitative estimate of drug-likeness (QED) is 0.772. The molecule has 0 heterocycles. The SMILES string of the molecule is CC(CC(=O)NC1CC(O)C1)CC(C)(C)C. The van der Waals surface area contributed by atoms with Crippen molar-refractivity contribution in [2.24, 2.45) is 11.3 Å². The lowest BCUT2D eigenvalue weighted by Crippen LogP contribution is -2.47. The molecule has 3 nitrogen and oxygen atoms in total. The van der Waals surface area contributed by atoms with Crippen LogP contribution in [0.4, 0.5) is 0 Å². The van der Waals surface area contributed by atoms with Crippen LogP contribution in [0.2, 0.25) is 0 Å². The fourth-order valence-corrected chi connectivity index (χ4v) is 2.43. The van der Waals surface area contributed by atoms with Gasteiger partial charge in [0, 0.05) is 12.5 Å². The lowest BCUT2D eigenvalue weighted by Gasteiger charge is -2.32. The highest BCUT2D eigenvalue weighted by atomic mass is 16.3. The van der Waals surface area contributed by atoms with Crippen molar-refractivity contribution in [3.05, 3.63) is 0 Å². The van der Waals surface area contributed by atoms with Crippen LogP contribution in [0.3, 0.4) is 0 Å². The summed E-state index contributed by atoms with van der Waals surface area (Å²) in [6.45, 7) is 8.72. The van der Waals surface area contributed by atoms with Crippen molar-refractivity contribution in [1.82, 2.24) is 5.32 Å².